The van der Waals surface area contributed by atoms with E-state index in [-0.39, 0.29) is 83.8 Å². The molecule has 3 aromatic rings. The molecule has 101 heavy (non-hydrogen) atoms. The summed E-state index contributed by atoms with van der Waals surface area (Å²) in [6.45, 7) is 13.3. The third-order valence-electron chi connectivity index (χ3n) is 15.9. The zero-order valence-electron chi connectivity index (χ0n) is 60.6. The Bertz CT molecular complexity index is 3040. The molecular weight excluding hydrogens is 1300 g/mol. The summed E-state index contributed by atoms with van der Waals surface area (Å²) in [6, 6.07) is 11.6. The van der Waals surface area contributed by atoms with E-state index in [0.717, 1.165) is 173 Å². The fourth-order valence-electron chi connectivity index (χ4n) is 10.2. The lowest BCUT2D eigenvalue weighted by molar-refractivity contribution is -0.146. The van der Waals surface area contributed by atoms with Crippen LogP contribution in [0.5, 0.6) is 28.7 Å². The molecule has 0 saturated carbocycles. The van der Waals surface area contributed by atoms with Gasteiger partial charge < -0.3 is 28.4 Å². The molecule has 10 amide bonds. The topological polar surface area (TPSA) is 363 Å². The van der Waals surface area contributed by atoms with Gasteiger partial charge in [0.2, 0.25) is 29.5 Å². The van der Waals surface area contributed by atoms with Crippen molar-refractivity contribution in [2.24, 2.45) is 0 Å². The Labute approximate surface area is 596 Å². The van der Waals surface area contributed by atoms with Gasteiger partial charge >= 0.3 is 5.97 Å². The maximum atomic E-state index is 14.2. The van der Waals surface area contributed by atoms with E-state index in [2.05, 4.69) is 88.9 Å². The molecule has 27 nitrogen and oxygen atoms in total. The lowest BCUT2D eigenvalue weighted by Crippen LogP contribution is -2.47. The normalized spacial score (nSPS) is 10.7. The van der Waals surface area contributed by atoms with Crippen molar-refractivity contribution in [3.63, 3.8) is 0 Å². The van der Waals surface area contributed by atoms with Crippen molar-refractivity contribution in [3.8, 4) is 28.7 Å². The molecule has 0 fully saturated rings. The molecule has 0 aromatic heterocycles. The van der Waals surface area contributed by atoms with E-state index in [1.165, 1.54) is 24.6 Å². The predicted molar refractivity (Wildman–Crippen MR) is 382 cm³/mol. The highest BCUT2D eigenvalue weighted by Crippen LogP contribution is 2.33. The molecule has 27 heteroatoms. The molecule has 3 aromatic carbocycles. The number of hydrogen-bond donors (Lipinski definition) is 10. The number of esters is 1. The SMILES string of the molecule is CCCCCCCCOc1ccccc1C(=O)NNC(=O)CC(=O)NNC(=O)c1cc(C(=O)NNC(=O)CC(=O)NNC(=O)c2cc(C(=O)NNC(=O)CC(=O)OCC)c(OCCCCCCCC)cc2OCCCCCCCC)c(OCCCCCCCC)cc1OCCCCCCCC. The number of unbranched alkanes of at least 4 members (excludes halogenated alkanes) is 25. The molecule has 10 N–H and O–H groups in total. The fraction of sp³-hybridized carbons (Fsp3) is 0.608. The van der Waals surface area contributed by atoms with Crippen LogP contribution >= 0.6 is 0 Å². The Kier molecular flexibility index (Phi) is 45.8. The molecule has 0 aliphatic rings. The standard InChI is InChI=1S/C74H114N10O17/c1-7-13-18-23-28-35-42-97-59-41-34-33-40-54(59)70(91)80-75-64(85)51-65(86)76-81-71(92)55-47-56(61(99-44-37-30-25-20-15-9-3)49-60(55)98-43-36-29-24-19-14-8-2)72(93)82-77-66(87)52-67(88)78-83-73(94)57-48-58(74(95)84-79-68(89)53-69(90)96-12-6)63(101-46-39-32-27-22-17-11-5)50-62(57)100-45-38-31-26-21-16-10-4/h33-34,40-41,47-50H,7-32,35-39,42-46,51-53H2,1-6H3,(H,75,85)(H,76,86)(H,77,87)(H,78,88)(H,79,89)(H,80,91)(H,81,92)(H,82,93)(H,83,94)(H,84,95). The van der Waals surface area contributed by atoms with E-state index in [0.29, 0.717) is 38.0 Å². The quantitative estimate of drug-likeness (QED) is 0.0109. The zero-order valence-corrected chi connectivity index (χ0v) is 60.6. The van der Waals surface area contributed by atoms with E-state index in [1.807, 2.05) is 0 Å². The molecule has 0 radical (unpaired) electrons. The summed E-state index contributed by atoms with van der Waals surface area (Å²) in [6.07, 6.45) is 26.2. The summed E-state index contributed by atoms with van der Waals surface area (Å²) in [5, 5.41) is 0. The minimum absolute atomic E-state index is 0.00402. The molecule has 3 rings (SSSR count). The molecule has 0 spiro atoms. The summed E-state index contributed by atoms with van der Waals surface area (Å²) in [5.74, 6) is -9.95. The Morgan fingerprint density at radius 1 is 0.257 bits per heavy atom. The predicted octanol–water partition coefficient (Wildman–Crippen LogP) is 11.3. The Hall–Kier alpha value is -9.17. The molecule has 0 heterocycles. The first kappa shape index (κ1) is 86.1. The highest BCUT2D eigenvalue weighted by atomic mass is 16.5. The Morgan fingerprint density at radius 2 is 0.495 bits per heavy atom. The van der Waals surface area contributed by atoms with Crippen LogP contribution in [0.4, 0.5) is 0 Å². The van der Waals surface area contributed by atoms with E-state index >= 15 is 0 Å². The largest absolute Gasteiger partial charge is 0.493 e. The van der Waals surface area contributed by atoms with Crippen LogP contribution in [0.15, 0.2) is 48.5 Å². The van der Waals surface area contributed by atoms with Gasteiger partial charge in [0.25, 0.3) is 29.5 Å². The molecule has 0 bridgehead atoms. The maximum absolute atomic E-state index is 14.2. The molecular formula is C74H114N10O17. The Balaban J connectivity index is 1.85. The highest BCUT2D eigenvalue weighted by Gasteiger charge is 2.27. The van der Waals surface area contributed by atoms with Crippen LogP contribution in [0.2, 0.25) is 0 Å². The van der Waals surface area contributed by atoms with E-state index in [9.17, 15) is 52.7 Å². The van der Waals surface area contributed by atoms with Gasteiger partial charge in [-0.15, -0.1) is 0 Å². The number of carbonyl (C=O) groups excluding carboxylic acids is 11. The van der Waals surface area contributed by atoms with Gasteiger partial charge in [-0.25, -0.2) is 0 Å². The second-order valence-electron chi connectivity index (χ2n) is 24.6. The van der Waals surface area contributed by atoms with Crippen LogP contribution in [0.25, 0.3) is 0 Å². The lowest BCUT2D eigenvalue weighted by Gasteiger charge is -2.18. The average Bonchev–Trinajstić information content (AvgIpc) is 0.815. The number of ether oxygens (including phenoxy) is 6. The van der Waals surface area contributed by atoms with Crippen LogP contribution in [0, 0.1) is 0 Å². The number of hydrazine groups is 5. The summed E-state index contributed by atoms with van der Waals surface area (Å²) in [4.78, 5) is 147. The molecule has 0 aliphatic heterocycles. The fourth-order valence-corrected chi connectivity index (χ4v) is 10.2. The van der Waals surface area contributed by atoms with Crippen molar-refractivity contribution in [2.45, 2.75) is 253 Å². The van der Waals surface area contributed by atoms with Crippen LogP contribution in [0.3, 0.4) is 0 Å². The molecule has 562 valence electrons. The number of para-hydroxylation sites is 1. The summed E-state index contributed by atoms with van der Waals surface area (Å²) in [5.41, 5.74) is 21.4. The minimum Gasteiger partial charge on any atom is -0.493 e. The van der Waals surface area contributed by atoms with Gasteiger partial charge in [-0.3, -0.25) is 107 Å². The van der Waals surface area contributed by atoms with Crippen molar-refractivity contribution in [2.75, 3.05) is 39.6 Å². The number of benzene rings is 3. The number of hydrogen-bond acceptors (Lipinski definition) is 17. The Morgan fingerprint density at radius 3 is 0.772 bits per heavy atom. The van der Waals surface area contributed by atoms with Crippen molar-refractivity contribution in [1.29, 1.82) is 0 Å². The van der Waals surface area contributed by atoms with E-state index in [1.54, 1.807) is 25.1 Å². The second kappa shape index (κ2) is 53.7. The van der Waals surface area contributed by atoms with Gasteiger partial charge in [0.05, 0.1) is 67.5 Å². The van der Waals surface area contributed by atoms with Crippen LogP contribution < -0.4 is 77.9 Å². The van der Waals surface area contributed by atoms with Gasteiger partial charge in [-0.2, -0.15) is 0 Å². The van der Waals surface area contributed by atoms with Gasteiger partial charge in [0.1, 0.15) is 48.0 Å². The number of carbonyl (C=O) groups is 11. The number of rotatable bonds is 52. The van der Waals surface area contributed by atoms with Crippen molar-refractivity contribution in [3.05, 3.63) is 76.3 Å². The first-order chi connectivity index (χ1) is 49.0. The molecule has 0 atom stereocenters. The van der Waals surface area contributed by atoms with Crippen molar-refractivity contribution < 1.29 is 81.2 Å². The highest BCUT2D eigenvalue weighted by molar-refractivity contribution is 6.07. The molecule has 0 saturated heterocycles. The van der Waals surface area contributed by atoms with Gasteiger partial charge in [0.15, 0.2) is 0 Å². The second-order valence-corrected chi connectivity index (χ2v) is 24.6. The minimum atomic E-state index is -1.06. The monoisotopic (exact) mass is 1410 g/mol. The van der Waals surface area contributed by atoms with Crippen LogP contribution in [0.1, 0.15) is 305 Å². The first-order valence-electron chi connectivity index (χ1n) is 36.7. The summed E-state index contributed by atoms with van der Waals surface area (Å²) < 4.78 is 35.3. The number of amides is 10. The lowest BCUT2D eigenvalue weighted by atomic mass is 10.1. The third-order valence-corrected chi connectivity index (χ3v) is 15.9. The van der Waals surface area contributed by atoms with Crippen LogP contribution in [-0.4, -0.2) is 105 Å². The van der Waals surface area contributed by atoms with Crippen molar-refractivity contribution >= 4 is 65.0 Å². The first-order valence-corrected chi connectivity index (χ1v) is 36.7. The van der Waals surface area contributed by atoms with Gasteiger partial charge in [-0.05, 0) is 63.3 Å². The summed E-state index contributed by atoms with van der Waals surface area (Å²) in [7, 11) is 0. The van der Waals surface area contributed by atoms with Crippen LogP contribution in [-0.2, 0) is 33.5 Å². The summed E-state index contributed by atoms with van der Waals surface area (Å²) >= 11 is 0. The molecule has 0 unspecified atom stereocenters. The number of nitrogens with one attached hydrogen (secondary N) is 10. The average molecular weight is 1420 g/mol. The van der Waals surface area contributed by atoms with E-state index < -0.39 is 84.3 Å². The van der Waals surface area contributed by atoms with Gasteiger partial charge in [-0.1, -0.05) is 207 Å². The van der Waals surface area contributed by atoms with Gasteiger partial charge in [0, 0.05) is 12.1 Å². The molecule has 0 aliphatic carbocycles. The van der Waals surface area contributed by atoms with E-state index in [4.69, 9.17) is 28.4 Å². The zero-order chi connectivity index (χ0) is 73.7. The maximum Gasteiger partial charge on any atom is 0.315 e. The third kappa shape index (κ3) is 37.2. The van der Waals surface area contributed by atoms with Crippen molar-refractivity contribution in [1.82, 2.24) is 54.3 Å². The smallest absolute Gasteiger partial charge is 0.315 e.